The molecule has 2 aromatic carbocycles. The van der Waals surface area contributed by atoms with E-state index in [1.165, 1.54) is 29.0 Å². The molecule has 4 aromatic rings. The summed E-state index contributed by atoms with van der Waals surface area (Å²) in [6, 6.07) is 9.97. The van der Waals surface area contributed by atoms with Gasteiger partial charge in [-0.25, -0.2) is 13.9 Å². The van der Waals surface area contributed by atoms with Gasteiger partial charge in [-0.3, -0.25) is 4.79 Å². The number of carbonyl (C=O) groups excluding carboxylic acids is 1. The van der Waals surface area contributed by atoms with Crippen molar-refractivity contribution in [3.63, 3.8) is 0 Å². The smallest absolute Gasteiger partial charge is 0.254 e. The molecule has 2 aromatic heterocycles. The Bertz CT molecular complexity index is 1320. The van der Waals surface area contributed by atoms with Crippen LogP contribution in [0.15, 0.2) is 48.8 Å². The average Bonchev–Trinajstić information content (AvgIpc) is 3.39. The number of ether oxygens (including phenoxy) is 2. The minimum atomic E-state index is -0.465. The molecule has 9 heteroatoms. The Morgan fingerprint density at radius 1 is 1.23 bits per heavy atom. The van der Waals surface area contributed by atoms with E-state index in [1.807, 2.05) is 18.2 Å². The Morgan fingerprint density at radius 2 is 2.06 bits per heavy atom. The molecule has 31 heavy (non-hydrogen) atoms. The van der Waals surface area contributed by atoms with Crippen LogP contribution in [-0.2, 0) is 6.54 Å². The predicted molar refractivity (Wildman–Crippen MR) is 112 cm³/mol. The quantitative estimate of drug-likeness (QED) is 0.517. The van der Waals surface area contributed by atoms with Gasteiger partial charge in [-0.2, -0.15) is 5.10 Å². The van der Waals surface area contributed by atoms with E-state index in [4.69, 9.17) is 21.1 Å². The van der Waals surface area contributed by atoms with Gasteiger partial charge >= 0.3 is 0 Å². The number of benzene rings is 2. The highest BCUT2D eigenvalue weighted by Gasteiger charge is 2.20. The maximum absolute atomic E-state index is 14.4. The van der Waals surface area contributed by atoms with Gasteiger partial charge in [-0.1, -0.05) is 23.7 Å². The molecule has 0 spiro atoms. The highest BCUT2D eigenvalue weighted by Crippen LogP contribution is 2.34. The maximum atomic E-state index is 14.4. The van der Waals surface area contributed by atoms with Gasteiger partial charge in [0.05, 0.1) is 28.0 Å². The maximum Gasteiger partial charge on any atom is 0.254 e. The van der Waals surface area contributed by atoms with Crippen molar-refractivity contribution in [1.82, 2.24) is 19.9 Å². The lowest BCUT2D eigenvalue weighted by Crippen LogP contribution is -2.24. The van der Waals surface area contributed by atoms with Crippen LogP contribution in [0, 0.1) is 12.7 Å². The minimum absolute atomic E-state index is 0.194. The number of nitrogens with zero attached hydrogens (tertiary/aromatic N) is 3. The van der Waals surface area contributed by atoms with E-state index in [0.717, 1.165) is 5.56 Å². The van der Waals surface area contributed by atoms with Gasteiger partial charge < -0.3 is 14.8 Å². The second-order valence-electron chi connectivity index (χ2n) is 7.02. The molecule has 0 aliphatic carbocycles. The molecule has 1 amide bonds. The standard InChI is InChI=1S/C22H16ClFN4O3/c1-12-14(22(29)26-8-13-5-6-18-19(7-13)31-11-30-18)9-25-21-15(10-27-28(12)21)20-16(23)3-2-4-17(20)24/h2-7,9-10H,8,11H2,1H3,(H,26,29). The fourth-order valence-corrected chi connectivity index (χ4v) is 3.79. The number of fused-ring (bicyclic) bond motifs is 2. The number of carbonyl (C=O) groups is 1. The van der Waals surface area contributed by atoms with Crippen molar-refractivity contribution in [3.8, 4) is 22.6 Å². The molecule has 7 nitrogen and oxygen atoms in total. The summed E-state index contributed by atoms with van der Waals surface area (Å²) in [6.45, 7) is 2.26. The number of aromatic nitrogens is 3. The molecule has 0 unspecified atom stereocenters. The predicted octanol–water partition coefficient (Wildman–Crippen LogP) is 4.16. The van der Waals surface area contributed by atoms with E-state index < -0.39 is 5.82 Å². The summed E-state index contributed by atoms with van der Waals surface area (Å²) >= 11 is 6.19. The zero-order valence-electron chi connectivity index (χ0n) is 16.4. The highest BCUT2D eigenvalue weighted by molar-refractivity contribution is 6.33. The van der Waals surface area contributed by atoms with Crippen LogP contribution in [0.1, 0.15) is 21.6 Å². The van der Waals surface area contributed by atoms with E-state index in [1.54, 1.807) is 13.0 Å². The van der Waals surface area contributed by atoms with Gasteiger partial charge in [0.25, 0.3) is 5.91 Å². The minimum Gasteiger partial charge on any atom is -0.454 e. The summed E-state index contributed by atoms with van der Waals surface area (Å²) in [5.74, 6) is 0.574. The molecule has 0 saturated carbocycles. The molecule has 0 atom stereocenters. The lowest BCUT2D eigenvalue weighted by atomic mass is 10.1. The summed E-state index contributed by atoms with van der Waals surface area (Å²) in [5.41, 5.74) is 2.91. The van der Waals surface area contributed by atoms with Crippen molar-refractivity contribution in [1.29, 1.82) is 0 Å². The summed E-state index contributed by atoms with van der Waals surface area (Å²) < 4.78 is 26.5. The van der Waals surface area contributed by atoms with Gasteiger partial charge in [0, 0.05) is 18.3 Å². The molecule has 0 bridgehead atoms. The number of nitrogens with one attached hydrogen (secondary N) is 1. The topological polar surface area (TPSA) is 77.8 Å². The van der Waals surface area contributed by atoms with Crippen molar-refractivity contribution >= 4 is 23.2 Å². The third kappa shape index (κ3) is 3.34. The van der Waals surface area contributed by atoms with Gasteiger partial charge in [0.15, 0.2) is 17.1 Å². The van der Waals surface area contributed by atoms with Crippen LogP contribution in [0.5, 0.6) is 11.5 Å². The van der Waals surface area contributed by atoms with Crippen LogP contribution in [0.4, 0.5) is 4.39 Å². The molecular formula is C22H16ClFN4O3. The number of aryl methyl sites for hydroxylation is 1. The molecule has 0 radical (unpaired) electrons. The van der Waals surface area contributed by atoms with Gasteiger partial charge in [0.2, 0.25) is 6.79 Å². The first-order chi connectivity index (χ1) is 15.0. The fraction of sp³-hybridized carbons (Fsp3) is 0.136. The van der Waals surface area contributed by atoms with Crippen molar-refractivity contribution in [2.45, 2.75) is 13.5 Å². The van der Waals surface area contributed by atoms with Crippen molar-refractivity contribution < 1.29 is 18.7 Å². The molecule has 3 heterocycles. The van der Waals surface area contributed by atoms with Crippen LogP contribution >= 0.6 is 11.6 Å². The Labute approximate surface area is 181 Å². The van der Waals surface area contributed by atoms with E-state index in [-0.39, 0.29) is 23.3 Å². The first-order valence-electron chi connectivity index (χ1n) is 9.47. The van der Waals surface area contributed by atoms with Crippen molar-refractivity contribution in [2.24, 2.45) is 0 Å². The number of halogens is 2. The highest BCUT2D eigenvalue weighted by atomic mass is 35.5. The molecule has 5 rings (SSSR count). The summed E-state index contributed by atoms with van der Waals surface area (Å²) in [6.07, 6.45) is 2.95. The zero-order valence-corrected chi connectivity index (χ0v) is 17.1. The molecule has 0 saturated heterocycles. The Hall–Kier alpha value is -3.65. The third-order valence-electron chi connectivity index (χ3n) is 5.13. The Morgan fingerprint density at radius 3 is 2.90 bits per heavy atom. The molecule has 1 N–H and O–H groups in total. The summed E-state index contributed by atoms with van der Waals surface area (Å²) in [5, 5.41) is 7.43. The molecule has 1 aliphatic rings. The van der Waals surface area contributed by atoms with Crippen LogP contribution in [0.3, 0.4) is 0 Å². The number of hydrogen-bond acceptors (Lipinski definition) is 5. The van der Waals surface area contributed by atoms with Crippen LogP contribution < -0.4 is 14.8 Å². The summed E-state index contributed by atoms with van der Waals surface area (Å²) in [4.78, 5) is 17.1. The largest absolute Gasteiger partial charge is 0.454 e. The Balaban J connectivity index is 1.42. The normalized spacial score (nSPS) is 12.4. The number of hydrogen-bond donors (Lipinski definition) is 1. The molecule has 1 aliphatic heterocycles. The first-order valence-corrected chi connectivity index (χ1v) is 9.85. The van der Waals surface area contributed by atoms with Gasteiger partial charge in [0.1, 0.15) is 5.82 Å². The lowest BCUT2D eigenvalue weighted by Gasteiger charge is -2.10. The van der Waals surface area contributed by atoms with Crippen molar-refractivity contribution in [2.75, 3.05) is 6.79 Å². The van der Waals surface area contributed by atoms with Crippen LogP contribution in [-0.4, -0.2) is 27.3 Å². The van der Waals surface area contributed by atoms with E-state index in [2.05, 4.69) is 15.4 Å². The molecule has 0 fully saturated rings. The molecule has 156 valence electrons. The van der Waals surface area contributed by atoms with Crippen LogP contribution in [0.2, 0.25) is 5.02 Å². The first kappa shape index (κ1) is 19.3. The van der Waals surface area contributed by atoms with Crippen molar-refractivity contribution in [3.05, 3.63) is 76.5 Å². The zero-order chi connectivity index (χ0) is 21.5. The Kier molecular flexibility index (Phi) is 4.71. The second kappa shape index (κ2) is 7.55. The van der Waals surface area contributed by atoms with Gasteiger partial charge in [-0.15, -0.1) is 0 Å². The van der Waals surface area contributed by atoms with Crippen LogP contribution in [0.25, 0.3) is 16.8 Å². The van der Waals surface area contributed by atoms with E-state index in [9.17, 15) is 9.18 Å². The lowest BCUT2D eigenvalue weighted by molar-refractivity contribution is 0.0949. The van der Waals surface area contributed by atoms with E-state index in [0.29, 0.717) is 40.5 Å². The SMILES string of the molecule is Cc1c(C(=O)NCc2ccc3c(c2)OCO3)cnc2c(-c3c(F)cccc3Cl)cnn12. The number of rotatable bonds is 4. The van der Waals surface area contributed by atoms with E-state index >= 15 is 0 Å². The second-order valence-corrected chi connectivity index (χ2v) is 7.43. The third-order valence-corrected chi connectivity index (χ3v) is 5.45. The van der Waals surface area contributed by atoms with Gasteiger partial charge in [-0.05, 0) is 36.8 Å². The number of amides is 1. The molecular weight excluding hydrogens is 423 g/mol. The average molecular weight is 439 g/mol. The fourth-order valence-electron chi connectivity index (χ4n) is 3.53. The monoisotopic (exact) mass is 438 g/mol. The summed E-state index contributed by atoms with van der Waals surface area (Å²) in [7, 11) is 0.